The maximum atomic E-state index is 13.4. The molecular formula is C31H41N3O6. The lowest BCUT2D eigenvalue weighted by molar-refractivity contribution is -0.122. The first kappa shape index (κ1) is 29.2. The summed E-state index contributed by atoms with van der Waals surface area (Å²) in [6.07, 6.45) is 7.96. The lowest BCUT2D eigenvalue weighted by Gasteiger charge is -2.22. The van der Waals surface area contributed by atoms with E-state index in [2.05, 4.69) is 16.0 Å². The predicted octanol–water partition coefficient (Wildman–Crippen LogP) is 4.50. The summed E-state index contributed by atoms with van der Waals surface area (Å²) in [6, 6.07) is 7.11. The highest BCUT2D eigenvalue weighted by Crippen LogP contribution is 2.50. The molecule has 1 atom stereocenters. The molecule has 2 aliphatic rings. The molecule has 9 heteroatoms. The zero-order valence-electron chi connectivity index (χ0n) is 24.0. The van der Waals surface area contributed by atoms with Crippen molar-refractivity contribution in [1.82, 2.24) is 10.6 Å². The lowest BCUT2D eigenvalue weighted by atomic mass is 9.95. The highest BCUT2D eigenvalue weighted by atomic mass is 16.5. The number of anilines is 1. The summed E-state index contributed by atoms with van der Waals surface area (Å²) in [4.78, 5) is 37.9. The summed E-state index contributed by atoms with van der Waals surface area (Å²) in [7, 11) is 4.71. The Kier molecular flexibility index (Phi) is 9.90. The fraction of sp³-hybridized carbons (Fsp3) is 0.516. The van der Waals surface area contributed by atoms with E-state index in [1.807, 2.05) is 12.1 Å². The molecule has 0 bridgehead atoms. The molecule has 2 amide bonds. The van der Waals surface area contributed by atoms with Crippen LogP contribution in [0.2, 0.25) is 0 Å². The van der Waals surface area contributed by atoms with E-state index >= 15 is 0 Å². The van der Waals surface area contributed by atoms with Crippen LogP contribution < -0.4 is 35.6 Å². The summed E-state index contributed by atoms with van der Waals surface area (Å²) in [5.74, 6) is 1.42. The van der Waals surface area contributed by atoms with Crippen LogP contribution in [0.15, 0.2) is 29.1 Å². The molecule has 2 aliphatic carbocycles. The van der Waals surface area contributed by atoms with Crippen molar-refractivity contribution in [3.05, 3.63) is 45.6 Å². The molecule has 1 unspecified atom stereocenters. The van der Waals surface area contributed by atoms with Gasteiger partial charge in [0.1, 0.15) is 0 Å². The van der Waals surface area contributed by atoms with Gasteiger partial charge in [-0.3, -0.25) is 14.4 Å². The van der Waals surface area contributed by atoms with Gasteiger partial charge in [-0.25, -0.2) is 0 Å². The molecule has 216 valence electrons. The zero-order chi connectivity index (χ0) is 28.6. The number of ether oxygens (including phenoxy) is 3. The van der Waals surface area contributed by atoms with Gasteiger partial charge >= 0.3 is 0 Å². The summed E-state index contributed by atoms with van der Waals surface area (Å²) in [5.41, 5.74) is 3.52. The fourth-order valence-corrected chi connectivity index (χ4v) is 5.87. The van der Waals surface area contributed by atoms with Gasteiger partial charge in [0.25, 0.3) is 0 Å². The summed E-state index contributed by atoms with van der Waals surface area (Å²) in [6.45, 7) is 1.96. The number of hydrogen-bond acceptors (Lipinski definition) is 7. The second kappa shape index (κ2) is 13.5. The number of methoxy groups -OCH3 is 3. The average molecular weight is 552 g/mol. The lowest BCUT2D eigenvalue weighted by Crippen LogP contribution is -2.36. The van der Waals surface area contributed by atoms with E-state index in [0.29, 0.717) is 66.8 Å². The smallest absolute Gasteiger partial charge is 0.220 e. The normalized spacial score (nSPS) is 16.6. The Bertz CT molecular complexity index is 1290. The number of aryl methyl sites for hydroxylation is 1. The molecule has 2 aromatic rings. The third-order valence-corrected chi connectivity index (χ3v) is 7.78. The van der Waals surface area contributed by atoms with E-state index in [9.17, 15) is 14.4 Å². The van der Waals surface area contributed by atoms with Crippen LogP contribution >= 0.6 is 0 Å². The van der Waals surface area contributed by atoms with Crippen LogP contribution in [-0.4, -0.2) is 45.7 Å². The molecule has 9 nitrogen and oxygen atoms in total. The summed E-state index contributed by atoms with van der Waals surface area (Å²) >= 11 is 0. The Hall–Kier alpha value is -3.75. The minimum Gasteiger partial charge on any atom is -0.493 e. The molecule has 0 heterocycles. The van der Waals surface area contributed by atoms with Crippen molar-refractivity contribution in [2.75, 3.05) is 33.2 Å². The molecule has 0 aliphatic heterocycles. The molecule has 0 aromatic heterocycles. The van der Waals surface area contributed by atoms with Gasteiger partial charge < -0.3 is 30.2 Å². The molecule has 4 rings (SSSR count). The van der Waals surface area contributed by atoms with Crippen LogP contribution in [0.25, 0.3) is 11.1 Å². The maximum Gasteiger partial charge on any atom is 0.220 e. The molecule has 3 N–H and O–H groups in total. The SMILES string of the molecule is COc1cc2c(c(OC)c1OC)-c1ccc(NCCCC(=O)NC3CCCCC3)c(=O)cc1C(NC(C)=O)CC2. The van der Waals surface area contributed by atoms with E-state index in [0.717, 1.165) is 29.5 Å². The van der Waals surface area contributed by atoms with Crippen LogP contribution in [0.1, 0.15) is 75.5 Å². The van der Waals surface area contributed by atoms with Crippen LogP contribution in [0, 0.1) is 0 Å². The second-order valence-electron chi connectivity index (χ2n) is 10.5. The quantitative estimate of drug-likeness (QED) is 0.373. The number of nitrogens with one attached hydrogen (secondary N) is 3. The first-order valence-corrected chi connectivity index (χ1v) is 14.2. The molecule has 0 spiro atoms. The van der Waals surface area contributed by atoms with Crippen molar-refractivity contribution >= 4 is 17.5 Å². The van der Waals surface area contributed by atoms with Crippen LogP contribution in [0.5, 0.6) is 17.2 Å². The number of rotatable bonds is 10. The minimum absolute atomic E-state index is 0.0626. The van der Waals surface area contributed by atoms with Gasteiger partial charge in [-0.05, 0) is 67.0 Å². The van der Waals surface area contributed by atoms with Gasteiger partial charge in [-0.1, -0.05) is 25.3 Å². The third kappa shape index (κ3) is 6.69. The van der Waals surface area contributed by atoms with Gasteiger partial charge in [-0.2, -0.15) is 0 Å². The highest BCUT2D eigenvalue weighted by Gasteiger charge is 2.29. The maximum absolute atomic E-state index is 13.4. The molecular weight excluding hydrogens is 510 g/mol. The fourth-order valence-electron chi connectivity index (χ4n) is 5.87. The van der Waals surface area contributed by atoms with Crippen LogP contribution in [0.4, 0.5) is 5.69 Å². The Morgan fingerprint density at radius 1 is 0.925 bits per heavy atom. The zero-order valence-corrected chi connectivity index (χ0v) is 24.0. The molecule has 2 aromatic carbocycles. The Morgan fingerprint density at radius 2 is 1.68 bits per heavy atom. The van der Waals surface area contributed by atoms with Crippen LogP contribution in [0.3, 0.4) is 0 Å². The number of amides is 2. The van der Waals surface area contributed by atoms with E-state index in [-0.39, 0.29) is 23.3 Å². The number of carbonyl (C=O) groups excluding carboxylic acids is 2. The largest absolute Gasteiger partial charge is 0.493 e. The van der Waals surface area contributed by atoms with Gasteiger partial charge in [0.05, 0.1) is 33.1 Å². The predicted molar refractivity (Wildman–Crippen MR) is 155 cm³/mol. The number of hydrogen-bond donors (Lipinski definition) is 3. The van der Waals surface area contributed by atoms with E-state index < -0.39 is 0 Å². The first-order valence-electron chi connectivity index (χ1n) is 14.2. The van der Waals surface area contributed by atoms with Crippen molar-refractivity contribution in [2.24, 2.45) is 0 Å². The number of carbonyl (C=O) groups is 2. The molecule has 1 saturated carbocycles. The van der Waals surface area contributed by atoms with Crippen LogP contribution in [-0.2, 0) is 16.0 Å². The van der Waals surface area contributed by atoms with Gasteiger partial charge in [-0.15, -0.1) is 0 Å². The average Bonchev–Trinajstić information content (AvgIpc) is 3.19. The summed E-state index contributed by atoms with van der Waals surface area (Å²) in [5, 5.41) is 9.39. The Balaban J connectivity index is 1.62. The third-order valence-electron chi connectivity index (χ3n) is 7.78. The van der Waals surface area contributed by atoms with Crippen molar-refractivity contribution in [3.8, 4) is 28.4 Å². The van der Waals surface area contributed by atoms with Crippen molar-refractivity contribution in [3.63, 3.8) is 0 Å². The first-order chi connectivity index (χ1) is 19.4. The van der Waals surface area contributed by atoms with Crippen molar-refractivity contribution in [1.29, 1.82) is 0 Å². The van der Waals surface area contributed by atoms with Gasteiger partial charge in [0.2, 0.25) is 23.0 Å². The molecule has 40 heavy (non-hydrogen) atoms. The van der Waals surface area contributed by atoms with E-state index in [4.69, 9.17) is 14.2 Å². The number of benzene rings is 1. The summed E-state index contributed by atoms with van der Waals surface area (Å²) < 4.78 is 17.1. The molecule has 0 saturated heterocycles. The molecule has 1 fully saturated rings. The molecule has 0 radical (unpaired) electrons. The topological polar surface area (TPSA) is 115 Å². The second-order valence-corrected chi connectivity index (χ2v) is 10.5. The van der Waals surface area contributed by atoms with Gasteiger partial charge in [0.15, 0.2) is 11.5 Å². The monoisotopic (exact) mass is 551 g/mol. The minimum atomic E-state index is -0.363. The highest BCUT2D eigenvalue weighted by molar-refractivity contribution is 5.83. The van der Waals surface area contributed by atoms with Crippen molar-refractivity contribution in [2.45, 2.75) is 76.8 Å². The van der Waals surface area contributed by atoms with Gasteiger partial charge in [0, 0.05) is 31.5 Å². The van der Waals surface area contributed by atoms with Crippen molar-refractivity contribution < 1.29 is 23.8 Å². The van der Waals surface area contributed by atoms with E-state index in [1.165, 1.54) is 26.2 Å². The Labute approximate surface area is 236 Å². The number of fused-ring (bicyclic) bond motifs is 3. The van der Waals surface area contributed by atoms with E-state index in [1.54, 1.807) is 33.5 Å². The standard InChI is InChI=1S/C31H41N3O6/c1-19(35)33-24-14-12-20-17-27(38-2)30(39-3)31(40-4)29(20)22-13-15-25(26(36)18-23(22)24)32-16-8-11-28(37)34-21-9-6-5-7-10-21/h13,15,17-18,21,24H,5-12,14,16H2,1-4H3,(H,32,36)(H,33,35)(H,34,37). The Morgan fingerprint density at radius 3 is 2.35 bits per heavy atom.